The second-order valence-corrected chi connectivity index (χ2v) is 10.8. The molecule has 0 aliphatic carbocycles. The van der Waals surface area contributed by atoms with E-state index in [4.69, 9.17) is 0 Å². The second kappa shape index (κ2) is 11.1. The normalized spacial score (nSPS) is 22.5. The number of rotatable bonds is 5. The molecular weight excluding hydrogens is 532 g/mol. The number of carbonyl (C=O) groups is 2. The average molecular weight is 566 g/mol. The lowest BCUT2D eigenvalue weighted by molar-refractivity contribution is -0.308. The number of aliphatic carboxylic acids is 1. The third kappa shape index (κ3) is 6.55. The van der Waals surface area contributed by atoms with Crippen LogP contribution in [0.1, 0.15) is 56.1 Å². The van der Waals surface area contributed by atoms with Crippen LogP contribution >= 0.6 is 0 Å². The minimum atomic E-state index is -5.75. The Kier molecular flexibility index (Phi) is 8.30. The molecule has 13 heteroatoms. The zero-order chi connectivity index (χ0) is 28.6. The minimum Gasteiger partial charge on any atom is -0.480 e. The van der Waals surface area contributed by atoms with E-state index in [0.717, 1.165) is 53.9 Å². The van der Waals surface area contributed by atoms with Gasteiger partial charge in [-0.05, 0) is 81.7 Å². The Morgan fingerprint density at radius 2 is 1.64 bits per heavy atom. The van der Waals surface area contributed by atoms with E-state index >= 15 is 0 Å². The summed E-state index contributed by atoms with van der Waals surface area (Å²) in [6, 6.07) is 5.44. The molecule has 1 N–H and O–H groups in total. The molecule has 1 spiro atoms. The van der Waals surface area contributed by atoms with Crippen LogP contribution in [0.25, 0.3) is 0 Å². The van der Waals surface area contributed by atoms with Gasteiger partial charge in [-0.25, -0.2) is 9.59 Å². The lowest BCUT2D eigenvalue weighted by atomic mass is 9.84. The van der Waals surface area contributed by atoms with Crippen molar-refractivity contribution in [2.45, 2.75) is 88.5 Å². The zero-order valence-corrected chi connectivity index (χ0v) is 21.7. The van der Waals surface area contributed by atoms with E-state index < -0.39 is 36.6 Å². The van der Waals surface area contributed by atoms with Gasteiger partial charge in [0, 0.05) is 37.4 Å². The Balaban J connectivity index is 1.43. The molecule has 1 amide bonds. The summed E-state index contributed by atoms with van der Waals surface area (Å²) in [5, 5.41) is 9.69. The van der Waals surface area contributed by atoms with Crippen LogP contribution in [0.3, 0.4) is 0 Å². The molecule has 1 aromatic carbocycles. The van der Waals surface area contributed by atoms with Crippen LogP contribution in [-0.4, -0.2) is 83.2 Å². The largest absolute Gasteiger partial charge is 0.480 e. The number of aryl methyl sites for hydroxylation is 1. The first-order valence-corrected chi connectivity index (χ1v) is 13.1. The number of amides is 1. The smallest absolute Gasteiger partial charge is 0.434 e. The molecule has 3 aliphatic heterocycles. The summed E-state index contributed by atoms with van der Waals surface area (Å²) in [5.74, 6) is -0.849. The van der Waals surface area contributed by atoms with Crippen molar-refractivity contribution in [3.8, 4) is 0 Å². The maximum absolute atomic E-state index is 12.8. The van der Waals surface area contributed by atoms with E-state index in [1.165, 1.54) is 0 Å². The minimum absolute atomic E-state index is 0.00902. The number of carboxylic acid groups (broad SMARTS) is 1. The third-order valence-corrected chi connectivity index (χ3v) is 8.12. The SMILES string of the molecule is Cc1cc(CN2CCCC23CCN(C(=O)OC(C(F)(F)F)C(F)(F)F)CC3)cc(N2CCCC[C@@H]2C(=O)O)c1. The Morgan fingerprint density at radius 1 is 0.974 bits per heavy atom. The third-order valence-electron chi connectivity index (χ3n) is 8.12. The van der Waals surface area contributed by atoms with Gasteiger partial charge < -0.3 is 19.6 Å². The van der Waals surface area contributed by atoms with Crippen LogP contribution in [0.2, 0.25) is 0 Å². The Labute approximate surface area is 222 Å². The molecule has 1 atom stereocenters. The monoisotopic (exact) mass is 565 g/mol. The highest BCUT2D eigenvalue weighted by Gasteiger charge is 2.60. The van der Waals surface area contributed by atoms with Crippen LogP contribution in [0, 0.1) is 6.92 Å². The Morgan fingerprint density at radius 3 is 2.26 bits per heavy atom. The highest BCUT2D eigenvalue weighted by atomic mass is 19.4. The molecule has 39 heavy (non-hydrogen) atoms. The molecule has 0 aromatic heterocycles. The van der Waals surface area contributed by atoms with Gasteiger partial charge >= 0.3 is 24.4 Å². The molecule has 4 rings (SSSR count). The fourth-order valence-corrected chi connectivity index (χ4v) is 6.22. The van der Waals surface area contributed by atoms with E-state index in [-0.39, 0.29) is 18.6 Å². The van der Waals surface area contributed by atoms with Gasteiger partial charge in [0.1, 0.15) is 6.04 Å². The van der Waals surface area contributed by atoms with Gasteiger partial charge in [-0.15, -0.1) is 0 Å². The number of likely N-dealkylation sites (tertiary alicyclic amines) is 2. The van der Waals surface area contributed by atoms with Crippen molar-refractivity contribution in [3.63, 3.8) is 0 Å². The van der Waals surface area contributed by atoms with Crippen LogP contribution < -0.4 is 4.90 Å². The summed E-state index contributed by atoms with van der Waals surface area (Å²) in [5.41, 5.74) is 2.52. The Bertz CT molecular complexity index is 1040. The lowest BCUT2D eigenvalue weighted by Crippen LogP contribution is -2.54. The number of carboxylic acids is 1. The van der Waals surface area contributed by atoms with E-state index in [1.54, 1.807) is 0 Å². The summed E-state index contributed by atoms with van der Waals surface area (Å²) in [7, 11) is 0. The van der Waals surface area contributed by atoms with Gasteiger partial charge in [0.25, 0.3) is 6.10 Å². The van der Waals surface area contributed by atoms with Gasteiger partial charge in [0.15, 0.2) is 0 Å². The van der Waals surface area contributed by atoms with Crippen molar-refractivity contribution in [1.82, 2.24) is 9.80 Å². The van der Waals surface area contributed by atoms with Gasteiger partial charge in [-0.1, -0.05) is 6.07 Å². The number of hydrogen-bond acceptors (Lipinski definition) is 5. The van der Waals surface area contributed by atoms with E-state index in [0.29, 0.717) is 32.4 Å². The number of nitrogens with zero attached hydrogens (tertiary/aromatic N) is 3. The van der Waals surface area contributed by atoms with Gasteiger partial charge in [-0.2, -0.15) is 26.3 Å². The quantitative estimate of drug-likeness (QED) is 0.476. The standard InChI is InChI=1S/C26H33F6N3O4/c1-17-13-18(15-19(14-17)35-10-3-2-5-20(35)21(36)37)16-34-9-4-6-24(34)7-11-33(12-8-24)23(38)39-22(25(27,28)29)26(30,31)32/h13-15,20,22H,2-12,16H2,1H3,(H,36,37)/t20-/m1/s1. The number of benzene rings is 1. The van der Waals surface area contributed by atoms with Gasteiger partial charge in [0.2, 0.25) is 0 Å². The van der Waals surface area contributed by atoms with Crippen LogP contribution in [-0.2, 0) is 16.1 Å². The van der Waals surface area contributed by atoms with Crippen molar-refractivity contribution in [1.29, 1.82) is 0 Å². The van der Waals surface area contributed by atoms with Gasteiger partial charge in [0.05, 0.1) is 0 Å². The van der Waals surface area contributed by atoms with Crippen molar-refractivity contribution < 1.29 is 45.8 Å². The molecule has 218 valence electrons. The summed E-state index contributed by atoms with van der Waals surface area (Å²) in [6.45, 7) is 3.92. The van der Waals surface area contributed by atoms with Crippen LogP contribution in [0.5, 0.6) is 0 Å². The molecule has 3 heterocycles. The molecular formula is C26H33F6N3O4. The summed E-state index contributed by atoms with van der Waals surface area (Å²) >= 11 is 0. The summed E-state index contributed by atoms with van der Waals surface area (Å²) in [6.07, 6.45) is -12.5. The van der Waals surface area contributed by atoms with Crippen molar-refractivity contribution in [3.05, 3.63) is 29.3 Å². The molecule has 3 aliphatic rings. The van der Waals surface area contributed by atoms with E-state index in [1.807, 2.05) is 30.0 Å². The van der Waals surface area contributed by atoms with Crippen molar-refractivity contribution in [2.24, 2.45) is 0 Å². The summed E-state index contributed by atoms with van der Waals surface area (Å²) in [4.78, 5) is 29.2. The molecule has 0 unspecified atom stereocenters. The van der Waals surface area contributed by atoms with Gasteiger partial charge in [-0.3, -0.25) is 4.90 Å². The van der Waals surface area contributed by atoms with Crippen molar-refractivity contribution in [2.75, 3.05) is 31.1 Å². The van der Waals surface area contributed by atoms with Crippen LogP contribution in [0.4, 0.5) is 36.8 Å². The Hall–Kier alpha value is -2.70. The number of hydrogen-bond donors (Lipinski definition) is 1. The maximum atomic E-state index is 12.8. The first-order valence-electron chi connectivity index (χ1n) is 13.1. The molecule has 1 aromatic rings. The predicted octanol–water partition coefficient (Wildman–Crippen LogP) is 5.50. The van der Waals surface area contributed by atoms with Crippen LogP contribution in [0.15, 0.2) is 18.2 Å². The zero-order valence-electron chi connectivity index (χ0n) is 21.7. The highest BCUT2D eigenvalue weighted by molar-refractivity contribution is 5.78. The molecule has 3 saturated heterocycles. The lowest BCUT2D eigenvalue weighted by Gasteiger charge is -2.45. The molecule has 3 fully saturated rings. The maximum Gasteiger partial charge on any atom is 0.434 e. The first kappa shape index (κ1) is 29.3. The number of halogens is 6. The number of piperidine rings is 2. The number of carbonyl (C=O) groups excluding carboxylic acids is 1. The topological polar surface area (TPSA) is 73.3 Å². The van der Waals surface area contributed by atoms with E-state index in [2.05, 4.69) is 9.64 Å². The number of ether oxygens (including phenoxy) is 1. The molecule has 0 saturated carbocycles. The molecule has 0 radical (unpaired) electrons. The highest BCUT2D eigenvalue weighted by Crippen LogP contribution is 2.41. The summed E-state index contributed by atoms with van der Waals surface area (Å²) < 4.78 is 80.8. The fourth-order valence-electron chi connectivity index (χ4n) is 6.22. The molecule has 7 nitrogen and oxygen atoms in total. The number of anilines is 1. The average Bonchev–Trinajstić information content (AvgIpc) is 3.22. The fraction of sp³-hybridized carbons (Fsp3) is 0.692. The second-order valence-electron chi connectivity index (χ2n) is 10.8. The van der Waals surface area contributed by atoms with E-state index in [9.17, 15) is 41.0 Å². The van der Waals surface area contributed by atoms with Crippen molar-refractivity contribution >= 4 is 17.7 Å². The predicted molar refractivity (Wildman–Crippen MR) is 129 cm³/mol. The molecule has 0 bridgehead atoms. The number of alkyl halides is 6. The first-order chi connectivity index (χ1) is 18.2.